The van der Waals surface area contributed by atoms with Crippen LogP contribution in [0.15, 0.2) is 40.9 Å². The van der Waals surface area contributed by atoms with E-state index in [1.54, 1.807) is 6.07 Å². The standard InChI is InChI=1S/C15H11BrCl2N2S/c1-8(9-3-2-4-10(16)5-9)20-14-7-12(18)11(17)6-13(14)19-15(20)21/h2-8H,1H3,(H,19,21). The van der Waals surface area contributed by atoms with E-state index in [1.165, 1.54) is 0 Å². The van der Waals surface area contributed by atoms with Gasteiger partial charge in [-0.25, -0.2) is 0 Å². The average Bonchev–Trinajstić information content (AvgIpc) is 2.74. The molecular formula is C15H11BrCl2N2S. The van der Waals surface area contributed by atoms with Crippen molar-refractivity contribution in [2.45, 2.75) is 13.0 Å². The van der Waals surface area contributed by atoms with E-state index in [1.807, 2.05) is 18.2 Å². The Labute approximate surface area is 145 Å². The summed E-state index contributed by atoms with van der Waals surface area (Å²) in [7, 11) is 0. The number of imidazole rings is 1. The van der Waals surface area contributed by atoms with E-state index in [4.69, 9.17) is 35.4 Å². The highest BCUT2D eigenvalue weighted by Crippen LogP contribution is 2.31. The van der Waals surface area contributed by atoms with Gasteiger partial charge in [0, 0.05) is 4.47 Å². The van der Waals surface area contributed by atoms with E-state index >= 15 is 0 Å². The fraction of sp³-hybridized carbons (Fsp3) is 0.133. The molecular weight excluding hydrogens is 391 g/mol. The van der Waals surface area contributed by atoms with E-state index in [9.17, 15) is 0 Å². The van der Waals surface area contributed by atoms with Gasteiger partial charge in [0.2, 0.25) is 0 Å². The van der Waals surface area contributed by atoms with Crippen LogP contribution >= 0.6 is 51.3 Å². The molecule has 0 aliphatic rings. The molecule has 1 atom stereocenters. The van der Waals surface area contributed by atoms with Crippen LogP contribution in [0.1, 0.15) is 18.5 Å². The number of hydrogen-bond donors (Lipinski definition) is 1. The van der Waals surface area contributed by atoms with Gasteiger partial charge >= 0.3 is 0 Å². The number of rotatable bonds is 2. The molecule has 21 heavy (non-hydrogen) atoms. The maximum absolute atomic E-state index is 6.14. The van der Waals surface area contributed by atoms with Gasteiger partial charge in [-0.1, -0.05) is 51.3 Å². The van der Waals surface area contributed by atoms with Crippen molar-refractivity contribution in [3.8, 4) is 0 Å². The zero-order chi connectivity index (χ0) is 15.1. The fourth-order valence-electron chi connectivity index (χ4n) is 2.42. The van der Waals surface area contributed by atoms with Crippen molar-refractivity contribution >= 4 is 62.4 Å². The van der Waals surface area contributed by atoms with Crippen molar-refractivity contribution in [1.29, 1.82) is 0 Å². The smallest absolute Gasteiger partial charge is 0.178 e. The zero-order valence-electron chi connectivity index (χ0n) is 11.0. The Morgan fingerprint density at radius 1 is 1.19 bits per heavy atom. The van der Waals surface area contributed by atoms with E-state index in [-0.39, 0.29) is 6.04 Å². The van der Waals surface area contributed by atoms with Crippen molar-refractivity contribution in [1.82, 2.24) is 9.55 Å². The molecule has 0 radical (unpaired) electrons. The Kier molecular flexibility index (Phi) is 4.14. The number of aromatic nitrogens is 2. The lowest BCUT2D eigenvalue weighted by Crippen LogP contribution is -2.06. The Bertz CT molecular complexity index is 885. The minimum absolute atomic E-state index is 0.0843. The van der Waals surface area contributed by atoms with E-state index in [0.717, 1.165) is 21.1 Å². The van der Waals surface area contributed by atoms with Crippen LogP contribution in [0.3, 0.4) is 0 Å². The predicted octanol–water partition coefficient (Wildman–Crippen LogP) is 6.38. The first-order chi connectivity index (χ1) is 9.97. The molecule has 6 heteroatoms. The highest BCUT2D eigenvalue weighted by atomic mass is 79.9. The van der Waals surface area contributed by atoms with Crippen LogP contribution in [0, 0.1) is 4.77 Å². The van der Waals surface area contributed by atoms with Crippen molar-refractivity contribution in [2.75, 3.05) is 0 Å². The second-order valence-corrected chi connectivity index (χ2v) is 6.93. The van der Waals surface area contributed by atoms with Gasteiger partial charge in [0.25, 0.3) is 0 Å². The number of benzene rings is 2. The largest absolute Gasteiger partial charge is 0.331 e. The lowest BCUT2D eigenvalue weighted by atomic mass is 10.1. The molecule has 1 unspecified atom stereocenters. The number of H-pyrrole nitrogens is 1. The predicted molar refractivity (Wildman–Crippen MR) is 95.1 cm³/mol. The molecule has 0 fully saturated rings. The molecule has 0 saturated carbocycles. The van der Waals surface area contributed by atoms with Gasteiger partial charge in [-0.15, -0.1) is 0 Å². The summed E-state index contributed by atoms with van der Waals surface area (Å²) in [6.07, 6.45) is 0. The SMILES string of the molecule is CC(c1cccc(Br)c1)n1c(=S)[nH]c2cc(Cl)c(Cl)cc21. The highest BCUT2D eigenvalue weighted by Gasteiger charge is 2.15. The van der Waals surface area contributed by atoms with Crippen LogP contribution in [0.5, 0.6) is 0 Å². The first-order valence-corrected chi connectivity index (χ1v) is 8.28. The number of nitrogens with zero attached hydrogens (tertiary/aromatic N) is 1. The minimum Gasteiger partial charge on any atom is -0.331 e. The van der Waals surface area contributed by atoms with Gasteiger partial charge in [-0.2, -0.15) is 0 Å². The number of fused-ring (bicyclic) bond motifs is 1. The number of aromatic amines is 1. The van der Waals surface area contributed by atoms with Crippen molar-refractivity contribution in [3.05, 3.63) is 61.3 Å². The van der Waals surface area contributed by atoms with Crippen LogP contribution in [0.2, 0.25) is 10.0 Å². The van der Waals surface area contributed by atoms with Gasteiger partial charge in [-0.05, 0) is 49.0 Å². The third kappa shape index (κ3) is 2.78. The first-order valence-electron chi connectivity index (χ1n) is 6.32. The summed E-state index contributed by atoms with van der Waals surface area (Å²) in [5.41, 5.74) is 2.99. The molecule has 1 N–H and O–H groups in total. The highest BCUT2D eigenvalue weighted by molar-refractivity contribution is 9.10. The van der Waals surface area contributed by atoms with Crippen molar-refractivity contribution < 1.29 is 0 Å². The Morgan fingerprint density at radius 3 is 2.62 bits per heavy atom. The van der Waals surface area contributed by atoms with Crippen LogP contribution in [-0.2, 0) is 0 Å². The molecule has 0 amide bonds. The summed E-state index contributed by atoms with van der Waals surface area (Å²) in [5, 5.41) is 1.04. The lowest BCUT2D eigenvalue weighted by Gasteiger charge is -2.15. The van der Waals surface area contributed by atoms with Gasteiger partial charge < -0.3 is 9.55 Å². The van der Waals surface area contributed by atoms with Gasteiger partial charge in [-0.3, -0.25) is 0 Å². The van der Waals surface area contributed by atoms with E-state index in [0.29, 0.717) is 14.8 Å². The van der Waals surface area contributed by atoms with Crippen LogP contribution < -0.4 is 0 Å². The first kappa shape index (κ1) is 15.1. The van der Waals surface area contributed by atoms with Crippen molar-refractivity contribution in [3.63, 3.8) is 0 Å². The molecule has 2 nitrogen and oxygen atoms in total. The second-order valence-electron chi connectivity index (χ2n) is 4.81. The quantitative estimate of drug-likeness (QED) is 0.494. The van der Waals surface area contributed by atoms with E-state index < -0.39 is 0 Å². The van der Waals surface area contributed by atoms with Gasteiger partial charge in [0.05, 0.1) is 27.1 Å². The summed E-state index contributed by atoms with van der Waals surface area (Å²) >= 11 is 21.2. The zero-order valence-corrected chi connectivity index (χ0v) is 14.9. The molecule has 1 heterocycles. The number of halogens is 3. The molecule has 3 rings (SSSR count). The normalized spacial score (nSPS) is 12.8. The van der Waals surface area contributed by atoms with Crippen molar-refractivity contribution in [2.24, 2.45) is 0 Å². The van der Waals surface area contributed by atoms with Gasteiger partial charge in [0.15, 0.2) is 4.77 Å². The van der Waals surface area contributed by atoms with E-state index in [2.05, 4.69) is 44.5 Å². The maximum Gasteiger partial charge on any atom is 0.178 e. The number of hydrogen-bond acceptors (Lipinski definition) is 1. The molecule has 108 valence electrons. The molecule has 2 aromatic carbocycles. The average molecular weight is 402 g/mol. The summed E-state index contributed by atoms with van der Waals surface area (Å²) < 4.78 is 3.74. The summed E-state index contributed by atoms with van der Waals surface area (Å²) in [4.78, 5) is 3.18. The molecule has 0 aliphatic heterocycles. The Balaban J connectivity index is 2.22. The third-order valence-corrected chi connectivity index (χ3v) is 4.99. The summed E-state index contributed by atoms with van der Waals surface area (Å²) in [6, 6.07) is 11.9. The third-order valence-electron chi connectivity index (χ3n) is 3.48. The summed E-state index contributed by atoms with van der Waals surface area (Å²) in [6.45, 7) is 2.10. The topological polar surface area (TPSA) is 20.7 Å². The molecule has 1 aromatic heterocycles. The second kappa shape index (κ2) is 5.76. The maximum atomic E-state index is 6.14. The van der Waals surface area contributed by atoms with Crippen LogP contribution in [0.4, 0.5) is 0 Å². The van der Waals surface area contributed by atoms with Crippen LogP contribution in [-0.4, -0.2) is 9.55 Å². The Morgan fingerprint density at radius 2 is 1.90 bits per heavy atom. The number of nitrogens with one attached hydrogen (secondary N) is 1. The molecule has 0 aliphatic carbocycles. The summed E-state index contributed by atoms with van der Waals surface area (Å²) in [5.74, 6) is 0. The van der Waals surface area contributed by atoms with Crippen LogP contribution in [0.25, 0.3) is 11.0 Å². The lowest BCUT2D eigenvalue weighted by molar-refractivity contribution is 0.649. The molecule has 3 aromatic rings. The van der Waals surface area contributed by atoms with Gasteiger partial charge in [0.1, 0.15) is 0 Å². The molecule has 0 saturated heterocycles. The fourth-order valence-corrected chi connectivity index (χ4v) is 3.53. The molecule has 0 spiro atoms. The monoisotopic (exact) mass is 400 g/mol. The minimum atomic E-state index is 0.0843. The molecule has 0 bridgehead atoms. The Hall–Kier alpha value is -0.810.